The molecule has 0 atom stereocenters. The topological polar surface area (TPSA) is 102 Å². The van der Waals surface area contributed by atoms with Crippen molar-refractivity contribution in [3.63, 3.8) is 0 Å². The molecule has 0 radical (unpaired) electrons. The van der Waals surface area contributed by atoms with Crippen molar-refractivity contribution in [2.45, 2.75) is 40.2 Å². The molecule has 0 saturated heterocycles. The molecule has 2 N–H and O–H groups in total. The second-order valence-electron chi connectivity index (χ2n) is 4.78. The van der Waals surface area contributed by atoms with Crippen LogP contribution < -0.4 is 10.6 Å². The molecule has 1 aromatic rings. The van der Waals surface area contributed by atoms with E-state index in [9.17, 15) is 14.9 Å². The number of carbonyl (C=O) groups is 1. The van der Waals surface area contributed by atoms with Gasteiger partial charge in [0.15, 0.2) is 0 Å². The van der Waals surface area contributed by atoms with E-state index in [-0.39, 0.29) is 30.0 Å². The third kappa shape index (κ3) is 3.69. The van der Waals surface area contributed by atoms with Gasteiger partial charge < -0.3 is 10.6 Å². The van der Waals surface area contributed by atoms with E-state index in [0.717, 1.165) is 6.42 Å². The van der Waals surface area contributed by atoms with Gasteiger partial charge in [0.1, 0.15) is 5.69 Å². The second kappa shape index (κ2) is 6.88. The normalized spacial score (nSPS) is 10.7. The van der Waals surface area contributed by atoms with Gasteiger partial charge in [-0.3, -0.25) is 14.9 Å². The summed E-state index contributed by atoms with van der Waals surface area (Å²) >= 11 is 0. The summed E-state index contributed by atoms with van der Waals surface area (Å²) in [6.45, 7) is 7.86. The zero-order chi connectivity index (χ0) is 15.3. The number of hydrogen-bond donors (Lipinski definition) is 2. The maximum atomic E-state index is 11.6. The molecule has 0 spiro atoms. The Morgan fingerprint density at radius 2 is 2.15 bits per heavy atom. The molecule has 1 aromatic heterocycles. The number of anilines is 1. The molecule has 112 valence electrons. The maximum Gasteiger partial charge on any atom is 0.333 e. The number of carbonyl (C=O) groups excluding carboxylic acids is 1. The molecule has 0 unspecified atom stereocenters. The molecule has 0 aliphatic carbocycles. The Morgan fingerprint density at radius 1 is 1.50 bits per heavy atom. The lowest BCUT2D eigenvalue weighted by atomic mass is 10.3. The molecule has 1 rings (SSSR count). The summed E-state index contributed by atoms with van der Waals surface area (Å²) in [7, 11) is 0. The van der Waals surface area contributed by atoms with Crippen LogP contribution in [0, 0.1) is 17.0 Å². The largest absolute Gasteiger partial charge is 0.355 e. The number of nitro groups is 1. The predicted molar refractivity (Wildman–Crippen MR) is 75.8 cm³/mol. The number of aryl methyl sites for hydroxylation is 1. The summed E-state index contributed by atoms with van der Waals surface area (Å²) in [5.74, 6) is 0.0736. The van der Waals surface area contributed by atoms with Gasteiger partial charge in [-0.1, -0.05) is 6.92 Å². The summed E-state index contributed by atoms with van der Waals surface area (Å²) in [5, 5.41) is 20.8. The molecule has 20 heavy (non-hydrogen) atoms. The highest BCUT2D eigenvalue weighted by atomic mass is 16.6. The number of aromatic nitrogens is 2. The summed E-state index contributed by atoms with van der Waals surface area (Å²) in [6, 6.07) is -0.0383. The third-order valence-corrected chi connectivity index (χ3v) is 2.71. The second-order valence-corrected chi connectivity index (χ2v) is 4.78. The van der Waals surface area contributed by atoms with Crippen LogP contribution in [0.5, 0.6) is 0 Å². The van der Waals surface area contributed by atoms with Gasteiger partial charge in [0.05, 0.1) is 11.5 Å². The van der Waals surface area contributed by atoms with Gasteiger partial charge in [0.25, 0.3) is 0 Å². The first-order chi connectivity index (χ1) is 9.38. The minimum absolute atomic E-state index is 0.0152. The van der Waals surface area contributed by atoms with Crippen LogP contribution >= 0.6 is 0 Å². The van der Waals surface area contributed by atoms with Crippen LogP contribution in [0.1, 0.15) is 38.9 Å². The van der Waals surface area contributed by atoms with Gasteiger partial charge in [-0.2, -0.15) is 5.10 Å². The Hall–Kier alpha value is -2.12. The zero-order valence-corrected chi connectivity index (χ0v) is 12.3. The lowest BCUT2D eigenvalue weighted by molar-refractivity contribution is -0.384. The first kappa shape index (κ1) is 15.9. The standard InChI is InChI=1S/C12H21N5O3/c1-5-6-13-10(18)7-14-12-11(17(19)20)9(4)15-16(12)8(2)3/h8,14H,5-7H2,1-4H3,(H,13,18). The van der Waals surface area contributed by atoms with E-state index >= 15 is 0 Å². The Labute approximate surface area is 117 Å². The Morgan fingerprint density at radius 3 is 2.65 bits per heavy atom. The van der Waals surface area contributed by atoms with E-state index < -0.39 is 4.92 Å². The molecule has 8 nitrogen and oxygen atoms in total. The zero-order valence-electron chi connectivity index (χ0n) is 12.3. The first-order valence-electron chi connectivity index (χ1n) is 6.62. The van der Waals surface area contributed by atoms with Gasteiger partial charge in [-0.15, -0.1) is 0 Å². The maximum absolute atomic E-state index is 11.6. The number of amides is 1. The van der Waals surface area contributed by atoms with E-state index in [2.05, 4.69) is 15.7 Å². The van der Waals surface area contributed by atoms with Crippen LogP contribution in [-0.2, 0) is 4.79 Å². The molecule has 8 heteroatoms. The third-order valence-electron chi connectivity index (χ3n) is 2.71. The van der Waals surface area contributed by atoms with Gasteiger partial charge in [-0.05, 0) is 27.2 Å². The molecule has 1 heterocycles. The van der Waals surface area contributed by atoms with Crippen LogP contribution in [0.25, 0.3) is 0 Å². The minimum Gasteiger partial charge on any atom is -0.355 e. The molecule has 0 fully saturated rings. The highest BCUT2D eigenvalue weighted by Gasteiger charge is 2.26. The van der Waals surface area contributed by atoms with Crippen molar-refractivity contribution in [2.24, 2.45) is 0 Å². The van der Waals surface area contributed by atoms with E-state index in [1.807, 2.05) is 20.8 Å². The van der Waals surface area contributed by atoms with Crippen molar-refractivity contribution in [3.05, 3.63) is 15.8 Å². The summed E-state index contributed by atoms with van der Waals surface area (Å²) in [5.41, 5.74) is 0.252. The van der Waals surface area contributed by atoms with Crippen molar-refractivity contribution in [3.8, 4) is 0 Å². The lowest BCUT2D eigenvalue weighted by Crippen LogP contribution is -2.31. The van der Waals surface area contributed by atoms with E-state index in [0.29, 0.717) is 12.2 Å². The SMILES string of the molecule is CCCNC(=O)CNc1c([N+](=O)[O-])c(C)nn1C(C)C. The van der Waals surface area contributed by atoms with Gasteiger partial charge >= 0.3 is 5.69 Å². The van der Waals surface area contributed by atoms with Crippen molar-refractivity contribution >= 4 is 17.4 Å². The van der Waals surface area contributed by atoms with Crippen LogP contribution in [0.4, 0.5) is 11.5 Å². The van der Waals surface area contributed by atoms with Crippen molar-refractivity contribution in [1.82, 2.24) is 15.1 Å². The van der Waals surface area contributed by atoms with E-state index in [1.165, 1.54) is 4.68 Å². The van der Waals surface area contributed by atoms with Crippen LogP contribution in [0.15, 0.2) is 0 Å². The fourth-order valence-corrected chi connectivity index (χ4v) is 1.79. The first-order valence-corrected chi connectivity index (χ1v) is 6.62. The molecular formula is C12H21N5O3. The molecule has 0 saturated carbocycles. The van der Waals surface area contributed by atoms with Gasteiger partial charge in [0.2, 0.25) is 11.7 Å². The molecule has 0 aromatic carbocycles. The van der Waals surface area contributed by atoms with Crippen molar-refractivity contribution < 1.29 is 9.72 Å². The fourth-order valence-electron chi connectivity index (χ4n) is 1.79. The number of nitrogens with one attached hydrogen (secondary N) is 2. The number of hydrogen-bond acceptors (Lipinski definition) is 5. The minimum atomic E-state index is -0.479. The van der Waals surface area contributed by atoms with E-state index in [4.69, 9.17) is 0 Å². The summed E-state index contributed by atoms with van der Waals surface area (Å²) < 4.78 is 1.53. The Balaban J connectivity index is 2.91. The molecular weight excluding hydrogens is 262 g/mol. The molecule has 1 amide bonds. The summed E-state index contributed by atoms with van der Waals surface area (Å²) in [6.07, 6.45) is 0.842. The van der Waals surface area contributed by atoms with E-state index in [1.54, 1.807) is 6.92 Å². The van der Waals surface area contributed by atoms with Crippen molar-refractivity contribution in [2.75, 3.05) is 18.4 Å². The van der Waals surface area contributed by atoms with Crippen molar-refractivity contribution in [1.29, 1.82) is 0 Å². The van der Waals surface area contributed by atoms with Crippen LogP contribution in [0.2, 0.25) is 0 Å². The summed E-state index contributed by atoms with van der Waals surface area (Å²) in [4.78, 5) is 22.2. The molecule has 0 bridgehead atoms. The highest BCUT2D eigenvalue weighted by molar-refractivity contribution is 5.81. The quantitative estimate of drug-likeness (QED) is 0.584. The van der Waals surface area contributed by atoms with Crippen LogP contribution in [0.3, 0.4) is 0 Å². The smallest absolute Gasteiger partial charge is 0.333 e. The average molecular weight is 283 g/mol. The fraction of sp³-hybridized carbons (Fsp3) is 0.667. The number of nitrogens with zero attached hydrogens (tertiary/aromatic N) is 3. The molecule has 0 aliphatic heterocycles. The lowest BCUT2D eigenvalue weighted by Gasteiger charge is -2.11. The van der Waals surface area contributed by atoms with Gasteiger partial charge in [0, 0.05) is 12.6 Å². The highest BCUT2D eigenvalue weighted by Crippen LogP contribution is 2.30. The molecule has 0 aliphatic rings. The monoisotopic (exact) mass is 283 g/mol. The Bertz CT molecular complexity index is 496. The number of rotatable bonds is 7. The average Bonchev–Trinajstić information content (AvgIpc) is 2.70. The predicted octanol–water partition coefficient (Wildman–Crippen LogP) is 1.62. The Kier molecular flexibility index (Phi) is 5.48. The van der Waals surface area contributed by atoms with Crippen LogP contribution in [-0.4, -0.2) is 33.7 Å². The van der Waals surface area contributed by atoms with Gasteiger partial charge in [-0.25, -0.2) is 4.68 Å².